The van der Waals surface area contributed by atoms with E-state index in [2.05, 4.69) is 15.0 Å². The van der Waals surface area contributed by atoms with E-state index in [1.54, 1.807) is 0 Å². The van der Waals surface area contributed by atoms with Crippen molar-refractivity contribution in [1.29, 1.82) is 0 Å². The zero-order valence-electron chi connectivity index (χ0n) is 7.46. The number of thioether (sulfide) groups is 1. The molecule has 0 fully saturated rings. The molecule has 0 aliphatic carbocycles. The molecule has 2 rings (SSSR count). The van der Waals surface area contributed by atoms with Gasteiger partial charge in [-0.3, -0.25) is 0 Å². The van der Waals surface area contributed by atoms with E-state index in [0.717, 1.165) is 0 Å². The second-order valence-corrected chi connectivity index (χ2v) is 4.12. The molecule has 2 aromatic heterocycles. The van der Waals surface area contributed by atoms with Crippen molar-refractivity contribution in [2.75, 3.05) is 6.26 Å². The first-order valence-electron chi connectivity index (χ1n) is 3.84. The van der Waals surface area contributed by atoms with Crippen molar-refractivity contribution in [2.45, 2.75) is 5.03 Å². The molecular weight excluding hydrogens is 260 g/mol. The molecule has 0 aliphatic rings. The number of halogens is 3. The van der Waals surface area contributed by atoms with Crippen LogP contribution in [0.2, 0.25) is 10.4 Å². The van der Waals surface area contributed by atoms with Crippen LogP contribution in [0.5, 0.6) is 0 Å². The molecule has 0 unspecified atom stereocenters. The number of hydrogen-bond acceptors (Lipinski definition) is 4. The predicted molar refractivity (Wildman–Crippen MR) is 59.1 cm³/mol. The van der Waals surface area contributed by atoms with Crippen LogP contribution in [0.3, 0.4) is 0 Å². The van der Waals surface area contributed by atoms with Gasteiger partial charge in [0.2, 0.25) is 5.28 Å². The third kappa shape index (κ3) is 1.87. The molecule has 0 radical (unpaired) electrons. The molecule has 0 spiro atoms. The maximum atomic E-state index is 13.5. The van der Waals surface area contributed by atoms with Crippen molar-refractivity contribution in [3.8, 4) is 0 Å². The molecule has 15 heavy (non-hydrogen) atoms. The molecule has 0 bridgehead atoms. The molecule has 0 saturated carbocycles. The lowest BCUT2D eigenvalue weighted by atomic mass is 10.3. The Bertz CT molecular complexity index is 535. The maximum absolute atomic E-state index is 13.5. The summed E-state index contributed by atoms with van der Waals surface area (Å²) in [5.74, 6) is -0.672. The molecular formula is C8H4Cl2FN3S. The summed E-state index contributed by atoms with van der Waals surface area (Å²) in [5, 5.41) is 0.860. The van der Waals surface area contributed by atoms with Crippen molar-refractivity contribution in [3.05, 3.63) is 22.5 Å². The highest BCUT2D eigenvalue weighted by Gasteiger charge is 2.13. The van der Waals surface area contributed by atoms with E-state index < -0.39 is 5.82 Å². The van der Waals surface area contributed by atoms with Gasteiger partial charge in [-0.2, -0.15) is 0 Å². The fourth-order valence-electron chi connectivity index (χ4n) is 1.14. The van der Waals surface area contributed by atoms with Crippen molar-refractivity contribution in [1.82, 2.24) is 15.0 Å². The Balaban J connectivity index is 2.89. The van der Waals surface area contributed by atoms with Gasteiger partial charge in [-0.25, -0.2) is 19.3 Å². The van der Waals surface area contributed by atoms with Crippen LogP contribution in [-0.2, 0) is 0 Å². The lowest BCUT2D eigenvalue weighted by molar-refractivity contribution is 0.630. The first-order chi connectivity index (χ1) is 7.13. The number of rotatable bonds is 1. The zero-order chi connectivity index (χ0) is 11.0. The molecule has 0 aromatic carbocycles. The summed E-state index contributed by atoms with van der Waals surface area (Å²) in [4.78, 5) is 11.4. The van der Waals surface area contributed by atoms with Gasteiger partial charge in [-0.05, 0) is 17.9 Å². The molecule has 0 aliphatic heterocycles. The summed E-state index contributed by atoms with van der Waals surface area (Å²) >= 11 is 12.5. The number of fused-ring (bicyclic) bond motifs is 1. The van der Waals surface area contributed by atoms with Gasteiger partial charge in [0, 0.05) is 6.20 Å². The number of pyridine rings is 1. The quantitative estimate of drug-likeness (QED) is 0.343. The Morgan fingerprint density at radius 1 is 1.33 bits per heavy atom. The lowest BCUT2D eigenvalue weighted by Crippen LogP contribution is -1.94. The third-order valence-electron chi connectivity index (χ3n) is 1.77. The number of aromatic nitrogens is 3. The van der Waals surface area contributed by atoms with E-state index in [0.29, 0.717) is 10.4 Å². The molecule has 0 saturated heterocycles. The van der Waals surface area contributed by atoms with E-state index in [1.165, 1.54) is 18.0 Å². The van der Waals surface area contributed by atoms with Crippen LogP contribution in [-0.4, -0.2) is 21.2 Å². The van der Waals surface area contributed by atoms with E-state index in [-0.39, 0.29) is 16.0 Å². The average molecular weight is 264 g/mol. The van der Waals surface area contributed by atoms with E-state index in [4.69, 9.17) is 23.2 Å². The molecule has 0 amide bonds. The van der Waals surface area contributed by atoms with Gasteiger partial charge in [0.15, 0.2) is 11.0 Å². The summed E-state index contributed by atoms with van der Waals surface area (Å²) < 4.78 is 13.5. The molecule has 2 aromatic rings. The highest BCUT2D eigenvalue weighted by atomic mass is 35.5. The van der Waals surface area contributed by atoms with Crippen LogP contribution in [0.25, 0.3) is 10.9 Å². The molecule has 78 valence electrons. The van der Waals surface area contributed by atoms with Crippen LogP contribution in [0.15, 0.2) is 11.2 Å². The van der Waals surface area contributed by atoms with Gasteiger partial charge in [0.1, 0.15) is 10.5 Å². The third-order valence-corrected chi connectivity index (χ3v) is 2.90. The summed E-state index contributed by atoms with van der Waals surface area (Å²) in [6.07, 6.45) is 3.24. The Hall–Kier alpha value is -0.650. The lowest BCUT2D eigenvalue weighted by Gasteiger charge is -2.04. The highest BCUT2D eigenvalue weighted by molar-refractivity contribution is 7.98. The summed E-state index contributed by atoms with van der Waals surface area (Å²) in [5.41, 5.74) is 0.0966. The molecule has 7 heteroatoms. The standard InChI is InChI=1S/C8H4Cl2FN3S/c1-15-7-3-2-12-6(9)4(11)5(3)13-8(10)14-7/h2H,1H3. The molecule has 0 N–H and O–H groups in total. The Labute approximate surface area is 99.0 Å². The smallest absolute Gasteiger partial charge is 0.224 e. The van der Waals surface area contributed by atoms with E-state index >= 15 is 0 Å². The zero-order valence-corrected chi connectivity index (χ0v) is 9.79. The first-order valence-corrected chi connectivity index (χ1v) is 5.82. The van der Waals surface area contributed by atoms with Crippen molar-refractivity contribution in [3.63, 3.8) is 0 Å². The normalized spacial score (nSPS) is 10.9. The summed E-state index contributed by atoms with van der Waals surface area (Å²) in [7, 11) is 0. The van der Waals surface area contributed by atoms with Crippen LogP contribution in [0.1, 0.15) is 0 Å². The van der Waals surface area contributed by atoms with E-state index in [9.17, 15) is 4.39 Å². The van der Waals surface area contributed by atoms with Gasteiger partial charge in [0.05, 0.1) is 5.39 Å². The second-order valence-electron chi connectivity index (χ2n) is 2.63. The molecule has 0 atom stereocenters. The van der Waals surface area contributed by atoms with Crippen LogP contribution >= 0.6 is 35.0 Å². The Kier molecular flexibility index (Phi) is 2.95. The van der Waals surface area contributed by atoms with E-state index in [1.807, 2.05) is 6.26 Å². The topological polar surface area (TPSA) is 38.7 Å². The summed E-state index contributed by atoms with van der Waals surface area (Å²) in [6.45, 7) is 0. The van der Waals surface area contributed by atoms with Crippen LogP contribution in [0.4, 0.5) is 4.39 Å². The summed E-state index contributed by atoms with van der Waals surface area (Å²) in [6, 6.07) is 0. The first kappa shape index (κ1) is 10.9. The Morgan fingerprint density at radius 2 is 2.07 bits per heavy atom. The van der Waals surface area contributed by atoms with Crippen LogP contribution in [0, 0.1) is 5.82 Å². The minimum Gasteiger partial charge on any atom is -0.241 e. The maximum Gasteiger partial charge on any atom is 0.224 e. The number of nitrogens with zero attached hydrogens (tertiary/aromatic N) is 3. The van der Waals surface area contributed by atoms with Crippen LogP contribution < -0.4 is 0 Å². The minimum atomic E-state index is -0.672. The largest absolute Gasteiger partial charge is 0.241 e. The van der Waals surface area contributed by atoms with Gasteiger partial charge >= 0.3 is 0 Å². The van der Waals surface area contributed by atoms with Crippen molar-refractivity contribution >= 4 is 45.9 Å². The number of hydrogen-bond donors (Lipinski definition) is 0. The fourth-order valence-corrected chi connectivity index (χ4v) is 2.04. The van der Waals surface area contributed by atoms with Gasteiger partial charge in [-0.15, -0.1) is 11.8 Å². The van der Waals surface area contributed by atoms with Gasteiger partial charge in [0.25, 0.3) is 0 Å². The van der Waals surface area contributed by atoms with Gasteiger partial charge in [-0.1, -0.05) is 11.6 Å². The highest BCUT2D eigenvalue weighted by Crippen LogP contribution is 2.28. The molecule has 2 heterocycles. The fraction of sp³-hybridized carbons (Fsp3) is 0.125. The minimum absolute atomic E-state index is 0.00647. The SMILES string of the molecule is CSc1nc(Cl)nc2c(F)c(Cl)ncc12. The van der Waals surface area contributed by atoms with Crippen molar-refractivity contribution in [2.24, 2.45) is 0 Å². The van der Waals surface area contributed by atoms with Crippen molar-refractivity contribution < 1.29 is 4.39 Å². The monoisotopic (exact) mass is 263 g/mol. The second kappa shape index (κ2) is 4.08. The predicted octanol–water partition coefficient (Wildman–Crippen LogP) is 3.19. The molecule has 3 nitrogen and oxygen atoms in total. The Morgan fingerprint density at radius 3 is 2.73 bits per heavy atom. The average Bonchev–Trinajstić information content (AvgIpc) is 2.23. The van der Waals surface area contributed by atoms with Gasteiger partial charge < -0.3 is 0 Å².